The second kappa shape index (κ2) is 6.45. The zero-order valence-corrected chi connectivity index (χ0v) is 15.9. The zero-order valence-electron chi connectivity index (χ0n) is 14.3. The van der Waals surface area contributed by atoms with Crippen molar-refractivity contribution < 1.29 is 23.0 Å². The summed E-state index contributed by atoms with van der Waals surface area (Å²) in [7, 11) is 0. The molecule has 0 spiro atoms. The molecule has 0 amide bonds. The summed E-state index contributed by atoms with van der Waals surface area (Å²) in [6, 6.07) is 1.16. The number of nitrogens with one attached hydrogen (secondary N) is 1. The predicted octanol–water partition coefficient (Wildman–Crippen LogP) is 3.09. The van der Waals surface area contributed by atoms with Crippen molar-refractivity contribution in [1.29, 1.82) is 0 Å². The first-order valence-corrected chi connectivity index (χ1v) is 8.71. The Morgan fingerprint density at radius 2 is 2.04 bits per heavy atom. The van der Waals surface area contributed by atoms with Crippen molar-refractivity contribution in [3.05, 3.63) is 22.5 Å². The number of ether oxygens (including phenoxy) is 1. The van der Waals surface area contributed by atoms with Gasteiger partial charge in [-0.3, -0.25) is 0 Å². The van der Waals surface area contributed by atoms with Gasteiger partial charge in [0.15, 0.2) is 10.9 Å². The van der Waals surface area contributed by atoms with Crippen molar-refractivity contribution in [1.82, 2.24) is 9.71 Å². The number of nitrogens with two attached hydrogens (primary N) is 1. The molecule has 2 atom stereocenters. The highest BCUT2D eigenvalue weighted by Gasteiger charge is 2.56. The fourth-order valence-corrected chi connectivity index (χ4v) is 3.22. The molecule has 0 saturated heterocycles. The molecule has 2 unspecified atom stereocenters. The summed E-state index contributed by atoms with van der Waals surface area (Å²) in [6.07, 6.45) is -4.99. The molecule has 4 N–H and O–H groups in total. The lowest BCUT2D eigenvalue weighted by Crippen LogP contribution is -2.49. The minimum Gasteiger partial charge on any atom is -0.488 e. The van der Waals surface area contributed by atoms with Crippen LogP contribution >= 0.6 is 23.5 Å². The Morgan fingerprint density at radius 3 is 2.52 bits per heavy atom. The van der Waals surface area contributed by atoms with Crippen LogP contribution in [-0.2, 0) is 11.1 Å². The smallest absolute Gasteiger partial charge is 0.424 e. The standard InChI is InChI=1S/C15H21ClF3N3O2S/c1-12(2,3)25-22-13(4)7-24-10-8(13)5-9(21-11(10)16)14(23,6-20)15(17,18)19/h5,22-23H,6-7,20H2,1-4H3. The molecule has 1 aromatic rings. The van der Waals surface area contributed by atoms with Gasteiger partial charge in [0.25, 0.3) is 0 Å². The van der Waals surface area contributed by atoms with Crippen LogP contribution in [0, 0.1) is 0 Å². The molecule has 25 heavy (non-hydrogen) atoms. The molecule has 5 nitrogen and oxygen atoms in total. The molecular weight excluding hydrogens is 379 g/mol. The fraction of sp³-hybridized carbons (Fsp3) is 0.667. The van der Waals surface area contributed by atoms with Crippen LogP contribution < -0.4 is 15.2 Å². The lowest BCUT2D eigenvalue weighted by molar-refractivity contribution is -0.263. The Bertz CT molecular complexity index is 669. The SMILES string of the molecule is CC(C)(C)SNC1(C)COc2c1cc(C(O)(CN)C(F)(F)F)nc2Cl. The molecule has 1 aliphatic heterocycles. The third-order valence-electron chi connectivity index (χ3n) is 3.80. The van der Waals surface area contributed by atoms with E-state index >= 15 is 0 Å². The zero-order chi connectivity index (χ0) is 19.3. The summed E-state index contributed by atoms with van der Waals surface area (Å²) in [5.74, 6) is 0.205. The van der Waals surface area contributed by atoms with Crippen LogP contribution in [0.4, 0.5) is 13.2 Å². The van der Waals surface area contributed by atoms with Crippen molar-refractivity contribution >= 4 is 23.5 Å². The van der Waals surface area contributed by atoms with Crippen molar-refractivity contribution in [2.24, 2.45) is 5.73 Å². The highest BCUT2D eigenvalue weighted by molar-refractivity contribution is 7.98. The highest BCUT2D eigenvalue weighted by Crippen LogP contribution is 2.46. The molecule has 2 rings (SSSR count). The lowest BCUT2D eigenvalue weighted by Gasteiger charge is -2.31. The predicted molar refractivity (Wildman–Crippen MR) is 91.6 cm³/mol. The van der Waals surface area contributed by atoms with E-state index < -0.39 is 29.6 Å². The van der Waals surface area contributed by atoms with Gasteiger partial charge in [0, 0.05) is 16.9 Å². The molecule has 10 heteroatoms. The van der Waals surface area contributed by atoms with Gasteiger partial charge in [0.2, 0.25) is 5.60 Å². The van der Waals surface area contributed by atoms with Gasteiger partial charge in [0.1, 0.15) is 6.61 Å². The minimum absolute atomic E-state index is 0.130. The molecule has 1 aromatic heterocycles. The molecule has 0 bridgehead atoms. The Morgan fingerprint density at radius 1 is 1.44 bits per heavy atom. The van der Waals surface area contributed by atoms with Crippen LogP contribution in [0.5, 0.6) is 5.75 Å². The molecule has 142 valence electrons. The number of aliphatic hydroxyl groups is 1. The summed E-state index contributed by atoms with van der Waals surface area (Å²) in [6.45, 7) is 6.86. The number of halogens is 4. The first-order chi connectivity index (χ1) is 11.2. The highest BCUT2D eigenvalue weighted by atomic mass is 35.5. The van der Waals surface area contributed by atoms with E-state index in [-0.39, 0.29) is 22.3 Å². The topological polar surface area (TPSA) is 80.4 Å². The van der Waals surface area contributed by atoms with Crippen LogP contribution in [-0.4, -0.2) is 34.2 Å². The van der Waals surface area contributed by atoms with Gasteiger partial charge in [-0.15, -0.1) is 0 Å². The van der Waals surface area contributed by atoms with Crippen molar-refractivity contribution in [2.75, 3.05) is 13.2 Å². The normalized spacial score (nSPS) is 23.1. The van der Waals surface area contributed by atoms with Gasteiger partial charge < -0.3 is 15.6 Å². The largest absolute Gasteiger partial charge is 0.488 e. The Kier molecular flexibility index (Phi) is 5.31. The second-order valence-electron chi connectivity index (χ2n) is 7.17. The fourth-order valence-electron chi connectivity index (χ4n) is 2.27. The van der Waals surface area contributed by atoms with Gasteiger partial charge in [-0.25, -0.2) is 9.71 Å². The maximum Gasteiger partial charge on any atom is 0.424 e. The number of rotatable bonds is 4. The lowest BCUT2D eigenvalue weighted by atomic mass is 9.91. The van der Waals surface area contributed by atoms with Gasteiger partial charge in [-0.05, 0) is 33.8 Å². The Labute approximate surface area is 153 Å². The molecule has 0 aliphatic carbocycles. The van der Waals surface area contributed by atoms with E-state index in [1.807, 2.05) is 20.8 Å². The van der Waals surface area contributed by atoms with Crippen molar-refractivity contribution in [2.45, 2.75) is 49.8 Å². The van der Waals surface area contributed by atoms with Crippen LogP contribution in [0.3, 0.4) is 0 Å². The van der Waals surface area contributed by atoms with Crippen LogP contribution in [0.15, 0.2) is 6.07 Å². The first kappa shape index (κ1) is 20.6. The maximum absolute atomic E-state index is 13.3. The van der Waals surface area contributed by atoms with E-state index in [4.69, 9.17) is 22.1 Å². The van der Waals surface area contributed by atoms with Crippen LogP contribution in [0.2, 0.25) is 5.15 Å². The summed E-state index contributed by atoms with van der Waals surface area (Å²) in [5.41, 5.74) is 0.869. The minimum atomic E-state index is -4.99. The number of hydrogen-bond donors (Lipinski definition) is 3. The number of nitrogens with zero attached hydrogens (tertiary/aromatic N) is 1. The molecule has 0 fully saturated rings. The maximum atomic E-state index is 13.3. The third kappa shape index (κ3) is 3.85. The third-order valence-corrected chi connectivity index (χ3v) is 5.22. The summed E-state index contributed by atoms with van der Waals surface area (Å²) < 4.78 is 48.6. The van der Waals surface area contributed by atoms with E-state index in [2.05, 4.69) is 9.71 Å². The molecule has 0 saturated carbocycles. The number of aromatic nitrogens is 1. The average Bonchev–Trinajstić information content (AvgIpc) is 2.81. The van der Waals surface area contributed by atoms with Gasteiger partial charge >= 0.3 is 6.18 Å². The van der Waals surface area contributed by atoms with Gasteiger partial charge in [0.05, 0.1) is 11.2 Å². The summed E-state index contributed by atoms with van der Waals surface area (Å²) >= 11 is 7.44. The van der Waals surface area contributed by atoms with E-state index in [0.717, 1.165) is 6.07 Å². The molecular formula is C15H21ClF3N3O2S. The Balaban J connectivity index is 2.51. The van der Waals surface area contributed by atoms with Gasteiger partial charge in [-0.2, -0.15) is 13.2 Å². The second-order valence-corrected chi connectivity index (χ2v) is 9.17. The van der Waals surface area contributed by atoms with Crippen LogP contribution in [0.1, 0.15) is 39.0 Å². The van der Waals surface area contributed by atoms with E-state index in [9.17, 15) is 18.3 Å². The molecule has 0 radical (unpaired) electrons. The monoisotopic (exact) mass is 399 g/mol. The van der Waals surface area contributed by atoms with Crippen molar-refractivity contribution in [3.63, 3.8) is 0 Å². The average molecular weight is 400 g/mol. The number of fused-ring (bicyclic) bond motifs is 1. The van der Waals surface area contributed by atoms with E-state index in [1.54, 1.807) is 6.92 Å². The molecule has 1 aliphatic rings. The van der Waals surface area contributed by atoms with Crippen LogP contribution in [0.25, 0.3) is 0 Å². The first-order valence-electron chi connectivity index (χ1n) is 7.52. The number of pyridine rings is 1. The molecule has 0 aromatic carbocycles. The van der Waals surface area contributed by atoms with Crippen molar-refractivity contribution in [3.8, 4) is 5.75 Å². The summed E-state index contributed by atoms with van der Waals surface area (Å²) in [5, 5.41) is 9.83. The molecule has 2 heterocycles. The summed E-state index contributed by atoms with van der Waals surface area (Å²) in [4.78, 5) is 3.68. The Hall–Kier alpha value is -0.740. The van der Waals surface area contributed by atoms with E-state index in [0.29, 0.717) is 5.56 Å². The van der Waals surface area contributed by atoms with E-state index in [1.165, 1.54) is 11.9 Å². The number of alkyl halides is 3. The quantitative estimate of drug-likeness (QED) is 0.533. The number of hydrogen-bond acceptors (Lipinski definition) is 6. The van der Waals surface area contributed by atoms with Gasteiger partial charge in [-0.1, -0.05) is 23.5 Å².